The first-order chi connectivity index (χ1) is 13.7. The molecule has 0 aliphatic rings. The van der Waals surface area contributed by atoms with Crippen LogP contribution in [0.25, 0.3) is 44.1 Å². The second-order valence-corrected chi connectivity index (χ2v) is 7.68. The number of hydrogen-bond acceptors (Lipinski definition) is 4. The molecule has 0 unspecified atom stereocenters. The predicted molar refractivity (Wildman–Crippen MR) is 111 cm³/mol. The van der Waals surface area contributed by atoms with Crippen molar-refractivity contribution in [3.8, 4) is 33.2 Å². The van der Waals surface area contributed by atoms with E-state index in [-0.39, 0.29) is 5.82 Å². The van der Waals surface area contributed by atoms with Crippen molar-refractivity contribution in [2.75, 3.05) is 0 Å². The van der Waals surface area contributed by atoms with Crippen LogP contribution in [0.15, 0.2) is 67.1 Å². The molecule has 0 fully saturated rings. The van der Waals surface area contributed by atoms with Crippen molar-refractivity contribution < 1.29 is 4.39 Å². The minimum atomic E-state index is -0.343. The number of aryl methyl sites for hydroxylation is 1. The molecular weight excluding hydrogens is 371 g/mol. The Bertz CT molecular complexity index is 1290. The number of halogens is 1. The fourth-order valence-corrected chi connectivity index (χ4v) is 4.19. The van der Waals surface area contributed by atoms with Crippen molar-refractivity contribution in [1.29, 1.82) is 0 Å². The van der Waals surface area contributed by atoms with Gasteiger partial charge in [0.2, 0.25) is 0 Å². The summed E-state index contributed by atoms with van der Waals surface area (Å²) in [6, 6.07) is 15.6. The summed E-state index contributed by atoms with van der Waals surface area (Å²) in [5, 5.41) is 1.91. The largest absolute Gasteiger partial charge is 0.354 e. The first-order valence-electron chi connectivity index (χ1n) is 8.81. The summed E-state index contributed by atoms with van der Waals surface area (Å²) in [5.41, 5.74) is 5.05. The lowest BCUT2D eigenvalue weighted by Crippen LogP contribution is -1.84. The summed E-state index contributed by atoms with van der Waals surface area (Å²) in [6.45, 7) is 2.07. The second kappa shape index (κ2) is 6.65. The highest BCUT2D eigenvalue weighted by Crippen LogP contribution is 2.34. The van der Waals surface area contributed by atoms with Crippen LogP contribution in [0.5, 0.6) is 0 Å². The Hall–Kier alpha value is -3.38. The van der Waals surface area contributed by atoms with Crippen molar-refractivity contribution in [3.63, 3.8) is 0 Å². The molecule has 1 N–H and O–H groups in total. The summed E-state index contributed by atoms with van der Waals surface area (Å²) in [6.07, 6.45) is 4.59. The molecule has 0 saturated carbocycles. The van der Waals surface area contributed by atoms with Crippen LogP contribution in [0.1, 0.15) is 4.88 Å². The molecule has 28 heavy (non-hydrogen) atoms. The molecule has 0 atom stereocenters. The lowest BCUT2D eigenvalue weighted by molar-refractivity contribution is 0.624. The van der Waals surface area contributed by atoms with E-state index in [9.17, 15) is 4.39 Å². The fourth-order valence-electron chi connectivity index (χ4n) is 3.28. The molecule has 6 heteroatoms. The molecule has 0 bridgehead atoms. The van der Waals surface area contributed by atoms with E-state index in [0.29, 0.717) is 5.56 Å². The Morgan fingerprint density at radius 2 is 1.96 bits per heavy atom. The summed E-state index contributed by atoms with van der Waals surface area (Å²) in [7, 11) is 0. The number of benzene rings is 1. The fraction of sp³-hybridized carbons (Fsp3) is 0.0455. The monoisotopic (exact) mass is 386 g/mol. The van der Waals surface area contributed by atoms with Crippen molar-refractivity contribution in [2.24, 2.45) is 0 Å². The van der Waals surface area contributed by atoms with E-state index in [1.165, 1.54) is 6.20 Å². The number of rotatable bonds is 3. The topological polar surface area (TPSA) is 54.5 Å². The Labute approximate surface area is 164 Å². The van der Waals surface area contributed by atoms with Crippen molar-refractivity contribution in [1.82, 2.24) is 19.9 Å². The molecule has 5 rings (SSSR count). The maximum Gasteiger partial charge on any atom is 0.150 e. The number of H-pyrrole nitrogens is 1. The zero-order valence-electron chi connectivity index (χ0n) is 15.0. The van der Waals surface area contributed by atoms with Gasteiger partial charge in [-0.3, -0.25) is 9.97 Å². The van der Waals surface area contributed by atoms with E-state index in [1.807, 2.05) is 36.4 Å². The van der Waals surface area contributed by atoms with E-state index in [0.717, 1.165) is 43.4 Å². The first kappa shape index (κ1) is 16.8. The molecule has 0 saturated heterocycles. The van der Waals surface area contributed by atoms with E-state index >= 15 is 0 Å². The molecular formula is C22H15FN4S. The Morgan fingerprint density at radius 1 is 1.04 bits per heavy atom. The van der Waals surface area contributed by atoms with Gasteiger partial charge >= 0.3 is 0 Å². The predicted octanol–water partition coefficient (Wildman–Crippen LogP) is 5.86. The van der Waals surface area contributed by atoms with E-state index in [2.05, 4.69) is 27.9 Å². The summed E-state index contributed by atoms with van der Waals surface area (Å²) in [4.78, 5) is 17.4. The summed E-state index contributed by atoms with van der Waals surface area (Å²) < 4.78 is 14.1. The average Bonchev–Trinajstić information content (AvgIpc) is 3.32. The van der Waals surface area contributed by atoms with Crippen LogP contribution < -0.4 is 0 Å². The SMILES string of the molecule is Cc1sc(-c2ccccn2)nc1-c1ccc2[nH]c(-c3ccncc3F)cc2c1. The highest BCUT2D eigenvalue weighted by molar-refractivity contribution is 7.15. The molecule has 5 aromatic rings. The van der Waals surface area contributed by atoms with Crippen LogP contribution in [0.2, 0.25) is 0 Å². The molecule has 0 amide bonds. The highest BCUT2D eigenvalue weighted by atomic mass is 32.1. The molecule has 4 nitrogen and oxygen atoms in total. The third kappa shape index (κ3) is 2.88. The van der Waals surface area contributed by atoms with Crippen LogP contribution in [0, 0.1) is 12.7 Å². The molecule has 1 aromatic carbocycles. The molecule has 0 aliphatic heterocycles. The molecule has 0 aliphatic carbocycles. The van der Waals surface area contributed by atoms with Crippen LogP contribution in [0.4, 0.5) is 4.39 Å². The van der Waals surface area contributed by atoms with Crippen molar-refractivity contribution in [3.05, 3.63) is 77.8 Å². The van der Waals surface area contributed by atoms with Gasteiger partial charge in [-0.15, -0.1) is 11.3 Å². The second-order valence-electron chi connectivity index (χ2n) is 6.48. The van der Waals surface area contributed by atoms with Gasteiger partial charge in [0.05, 0.1) is 17.6 Å². The smallest absolute Gasteiger partial charge is 0.150 e. The first-order valence-corrected chi connectivity index (χ1v) is 9.62. The van der Waals surface area contributed by atoms with Crippen molar-refractivity contribution >= 4 is 22.2 Å². The van der Waals surface area contributed by atoms with Gasteiger partial charge in [-0.05, 0) is 43.3 Å². The zero-order valence-corrected chi connectivity index (χ0v) is 15.8. The molecule has 136 valence electrons. The van der Waals surface area contributed by atoms with Crippen LogP contribution >= 0.6 is 11.3 Å². The molecule has 4 heterocycles. The highest BCUT2D eigenvalue weighted by Gasteiger charge is 2.14. The zero-order chi connectivity index (χ0) is 19.1. The maximum atomic E-state index is 14.1. The standard InChI is InChI=1S/C22H15FN4S/c1-13-21(27-22(28-13)19-4-2-3-8-25-19)14-5-6-18-15(10-14)11-20(26-18)16-7-9-24-12-17(16)23/h2-12,26H,1H3. The number of aromatic amines is 1. The Morgan fingerprint density at radius 3 is 2.79 bits per heavy atom. The number of nitrogens with zero attached hydrogens (tertiary/aromatic N) is 3. The minimum Gasteiger partial charge on any atom is -0.354 e. The summed E-state index contributed by atoms with van der Waals surface area (Å²) in [5.74, 6) is -0.343. The minimum absolute atomic E-state index is 0.343. The average molecular weight is 386 g/mol. The van der Waals surface area contributed by atoms with Gasteiger partial charge < -0.3 is 4.98 Å². The van der Waals surface area contributed by atoms with Gasteiger partial charge in [0.15, 0.2) is 5.82 Å². The number of nitrogens with one attached hydrogen (secondary N) is 1. The lowest BCUT2D eigenvalue weighted by atomic mass is 10.1. The van der Waals surface area contributed by atoms with Gasteiger partial charge in [0.1, 0.15) is 5.01 Å². The third-order valence-corrected chi connectivity index (χ3v) is 5.63. The Balaban J connectivity index is 1.57. The molecule has 0 radical (unpaired) electrons. The normalized spacial score (nSPS) is 11.2. The number of hydrogen-bond donors (Lipinski definition) is 1. The Kier molecular flexibility index (Phi) is 3.98. The van der Waals surface area contributed by atoms with Crippen LogP contribution in [-0.4, -0.2) is 19.9 Å². The van der Waals surface area contributed by atoms with Crippen LogP contribution in [-0.2, 0) is 0 Å². The number of pyridine rings is 2. The number of aromatic nitrogens is 4. The molecule has 0 spiro atoms. The van der Waals surface area contributed by atoms with Crippen LogP contribution in [0.3, 0.4) is 0 Å². The van der Waals surface area contributed by atoms with Gasteiger partial charge in [-0.2, -0.15) is 0 Å². The molecule has 4 aromatic heterocycles. The maximum absolute atomic E-state index is 14.1. The summed E-state index contributed by atoms with van der Waals surface area (Å²) >= 11 is 1.63. The number of thiazole rings is 1. The van der Waals surface area contributed by atoms with Crippen molar-refractivity contribution in [2.45, 2.75) is 6.92 Å². The van der Waals surface area contributed by atoms with Gasteiger partial charge in [0.25, 0.3) is 0 Å². The van der Waals surface area contributed by atoms with Gasteiger partial charge in [-0.1, -0.05) is 12.1 Å². The third-order valence-electron chi connectivity index (χ3n) is 4.64. The van der Waals surface area contributed by atoms with E-state index in [1.54, 1.807) is 29.8 Å². The van der Waals surface area contributed by atoms with Gasteiger partial charge in [-0.25, -0.2) is 9.37 Å². The quantitative estimate of drug-likeness (QED) is 0.422. The van der Waals surface area contributed by atoms with Gasteiger partial charge in [0, 0.05) is 45.0 Å². The number of fused-ring (bicyclic) bond motifs is 1. The lowest BCUT2D eigenvalue weighted by Gasteiger charge is -1.99. The van der Waals surface area contributed by atoms with E-state index < -0.39 is 0 Å². The van der Waals surface area contributed by atoms with E-state index in [4.69, 9.17) is 4.98 Å².